The Kier molecular flexibility index (Phi) is 10.7. The number of carbonyl (C=O) groups excluding carboxylic acids is 4. The molecule has 0 spiro atoms. The van der Waals surface area contributed by atoms with Crippen LogP contribution in [0.15, 0.2) is 18.2 Å². The standard InChI is InChI=1S/C23H35N3O6S/c1-8-26(21(29)17(13-33)25-22(30)32-23(4,5)6)19(20(28)24-12-18(27)31-7)16-10-9-14(2)11-15(16)3/h9-11,17,19,33H,8,12-13H2,1-7H3,(H,24,28)(H,25,30). The highest BCUT2D eigenvalue weighted by atomic mass is 32.1. The summed E-state index contributed by atoms with van der Waals surface area (Å²) in [4.78, 5) is 51.8. The fourth-order valence-corrected chi connectivity index (χ4v) is 3.46. The van der Waals surface area contributed by atoms with Crippen molar-refractivity contribution < 1.29 is 28.7 Å². The molecule has 0 saturated carbocycles. The van der Waals surface area contributed by atoms with E-state index >= 15 is 0 Å². The van der Waals surface area contributed by atoms with Gasteiger partial charge in [0.1, 0.15) is 24.2 Å². The molecule has 184 valence electrons. The van der Waals surface area contributed by atoms with Crippen LogP contribution in [0.25, 0.3) is 0 Å². The smallest absolute Gasteiger partial charge is 0.408 e. The third-order valence-corrected chi connectivity index (χ3v) is 5.08. The number of nitrogens with zero attached hydrogens (tertiary/aromatic N) is 1. The van der Waals surface area contributed by atoms with E-state index in [0.717, 1.165) is 11.1 Å². The summed E-state index contributed by atoms with van der Waals surface area (Å²) in [6.45, 7) is 10.5. The van der Waals surface area contributed by atoms with Gasteiger partial charge in [-0.25, -0.2) is 4.79 Å². The second-order valence-electron chi connectivity index (χ2n) is 8.56. The monoisotopic (exact) mass is 481 g/mol. The molecule has 9 nitrogen and oxygen atoms in total. The molecule has 10 heteroatoms. The number of carbonyl (C=O) groups is 4. The molecule has 1 aromatic carbocycles. The van der Waals surface area contributed by atoms with E-state index in [1.807, 2.05) is 26.0 Å². The zero-order chi connectivity index (χ0) is 25.3. The first-order valence-corrected chi connectivity index (χ1v) is 11.3. The first-order valence-electron chi connectivity index (χ1n) is 10.7. The van der Waals surface area contributed by atoms with Crippen LogP contribution < -0.4 is 10.6 Å². The van der Waals surface area contributed by atoms with Gasteiger partial charge in [0.15, 0.2) is 0 Å². The van der Waals surface area contributed by atoms with Gasteiger partial charge in [-0.2, -0.15) is 12.6 Å². The van der Waals surface area contributed by atoms with Crippen molar-refractivity contribution in [3.8, 4) is 0 Å². The molecule has 0 fully saturated rings. The number of rotatable bonds is 9. The number of methoxy groups -OCH3 is 1. The molecule has 0 aliphatic carbocycles. The summed E-state index contributed by atoms with van der Waals surface area (Å²) in [6, 6.07) is 3.47. The second kappa shape index (κ2) is 12.5. The normalized spacial score (nSPS) is 12.8. The first kappa shape index (κ1) is 28.3. The molecule has 0 bridgehead atoms. The average Bonchev–Trinajstić information content (AvgIpc) is 2.72. The Morgan fingerprint density at radius 2 is 1.79 bits per heavy atom. The Bertz CT molecular complexity index is 868. The molecule has 3 amide bonds. The molecule has 0 aliphatic rings. The summed E-state index contributed by atoms with van der Waals surface area (Å²) in [5.41, 5.74) is 1.67. The van der Waals surface area contributed by atoms with Gasteiger partial charge in [0.2, 0.25) is 11.8 Å². The van der Waals surface area contributed by atoms with Gasteiger partial charge in [-0.15, -0.1) is 0 Å². The minimum atomic E-state index is -1.03. The molecule has 33 heavy (non-hydrogen) atoms. The number of alkyl carbamates (subject to hydrolysis) is 1. The van der Waals surface area contributed by atoms with Crippen molar-refractivity contribution in [1.82, 2.24) is 15.5 Å². The summed E-state index contributed by atoms with van der Waals surface area (Å²) >= 11 is 4.22. The summed E-state index contributed by atoms with van der Waals surface area (Å²) < 4.78 is 9.84. The summed E-state index contributed by atoms with van der Waals surface area (Å²) in [5.74, 6) is -1.66. The topological polar surface area (TPSA) is 114 Å². The highest BCUT2D eigenvalue weighted by Gasteiger charge is 2.35. The van der Waals surface area contributed by atoms with Crippen LogP contribution in [0.2, 0.25) is 0 Å². The lowest BCUT2D eigenvalue weighted by Gasteiger charge is -2.34. The molecular formula is C23H35N3O6S. The minimum Gasteiger partial charge on any atom is -0.468 e. The Morgan fingerprint density at radius 3 is 2.27 bits per heavy atom. The number of likely N-dealkylation sites (N-methyl/N-ethyl adjacent to an activating group) is 1. The van der Waals surface area contributed by atoms with Gasteiger partial charge in [0.25, 0.3) is 0 Å². The fourth-order valence-electron chi connectivity index (χ4n) is 3.21. The van der Waals surface area contributed by atoms with Crippen LogP contribution >= 0.6 is 12.6 Å². The van der Waals surface area contributed by atoms with E-state index < -0.39 is 41.6 Å². The lowest BCUT2D eigenvalue weighted by molar-refractivity contribution is -0.144. The Labute approximate surface area is 201 Å². The maximum absolute atomic E-state index is 13.4. The van der Waals surface area contributed by atoms with Crippen LogP contribution in [0.3, 0.4) is 0 Å². The van der Waals surface area contributed by atoms with Gasteiger partial charge in [-0.05, 0) is 52.7 Å². The molecule has 2 atom stereocenters. The van der Waals surface area contributed by atoms with Crippen molar-refractivity contribution in [2.24, 2.45) is 0 Å². The molecule has 1 rings (SSSR count). The summed E-state index contributed by atoms with van der Waals surface area (Å²) in [7, 11) is 1.22. The number of benzene rings is 1. The van der Waals surface area contributed by atoms with Crippen LogP contribution in [0.4, 0.5) is 4.79 Å². The van der Waals surface area contributed by atoms with Crippen molar-refractivity contribution in [1.29, 1.82) is 0 Å². The lowest BCUT2D eigenvalue weighted by atomic mass is 9.96. The molecular weight excluding hydrogens is 446 g/mol. The average molecular weight is 482 g/mol. The maximum Gasteiger partial charge on any atom is 0.408 e. The highest BCUT2D eigenvalue weighted by molar-refractivity contribution is 7.80. The van der Waals surface area contributed by atoms with Gasteiger partial charge < -0.3 is 25.0 Å². The quantitative estimate of drug-likeness (QED) is 0.368. The number of hydrogen-bond acceptors (Lipinski definition) is 7. The largest absolute Gasteiger partial charge is 0.468 e. The molecule has 0 aromatic heterocycles. The van der Waals surface area contributed by atoms with Crippen molar-refractivity contribution >= 4 is 36.5 Å². The predicted molar refractivity (Wildman–Crippen MR) is 128 cm³/mol. The molecule has 0 aliphatic heterocycles. The van der Waals surface area contributed by atoms with Crippen LogP contribution in [0, 0.1) is 13.8 Å². The fraction of sp³-hybridized carbons (Fsp3) is 0.565. The Hall–Kier alpha value is -2.75. The van der Waals surface area contributed by atoms with Crippen molar-refractivity contribution in [2.75, 3.05) is 26.0 Å². The van der Waals surface area contributed by atoms with Crippen molar-refractivity contribution in [2.45, 2.75) is 59.2 Å². The van der Waals surface area contributed by atoms with E-state index in [0.29, 0.717) is 5.56 Å². The number of esters is 1. The zero-order valence-corrected chi connectivity index (χ0v) is 21.2. The van der Waals surface area contributed by atoms with Crippen molar-refractivity contribution in [3.05, 3.63) is 34.9 Å². The summed E-state index contributed by atoms with van der Waals surface area (Å²) in [6.07, 6.45) is -0.760. The van der Waals surface area contributed by atoms with E-state index in [1.54, 1.807) is 33.8 Å². The minimum absolute atomic E-state index is 0.00203. The van der Waals surface area contributed by atoms with E-state index in [2.05, 4.69) is 28.0 Å². The van der Waals surface area contributed by atoms with Crippen LogP contribution in [0.1, 0.15) is 50.4 Å². The highest BCUT2D eigenvalue weighted by Crippen LogP contribution is 2.26. The van der Waals surface area contributed by atoms with Gasteiger partial charge in [0.05, 0.1) is 7.11 Å². The van der Waals surface area contributed by atoms with Gasteiger partial charge >= 0.3 is 12.1 Å². The van der Waals surface area contributed by atoms with Gasteiger partial charge in [-0.1, -0.05) is 23.8 Å². The second-order valence-corrected chi connectivity index (χ2v) is 8.93. The number of hydrogen-bond donors (Lipinski definition) is 3. The van der Waals surface area contributed by atoms with Crippen LogP contribution in [-0.2, 0) is 23.9 Å². The molecule has 2 N–H and O–H groups in total. The first-order chi connectivity index (χ1) is 15.3. The number of amides is 3. The molecule has 0 saturated heterocycles. The number of aryl methyl sites for hydroxylation is 2. The van der Waals surface area contributed by atoms with E-state index in [4.69, 9.17) is 4.74 Å². The number of ether oxygens (including phenoxy) is 2. The Balaban J connectivity index is 3.30. The summed E-state index contributed by atoms with van der Waals surface area (Å²) in [5, 5.41) is 5.07. The molecule has 0 heterocycles. The number of nitrogens with one attached hydrogen (secondary N) is 2. The van der Waals surface area contributed by atoms with Gasteiger partial charge in [-0.3, -0.25) is 14.4 Å². The van der Waals surface area contributed by atoms with E-state index in [9.17, 15) is 19.2 Å². The van der Waals surface area contributed by atoms with Crippen molar-refractivity contribution in [3.63, 3.8) is 0 Å². The number of thiol groups is 1. The lowest BCUT2D eigenvalue weighted by Crippen LogP contribution is -2.54. The predicted octanol–water partition coefficient (Wildman–Crippen LogP) is 2.31. The van der Waals surface area contributed by atoms with E-state index in [-0.39, 0.29) is 18.8 Å². The molecule has 1 aromatic rings. The van der Waals surface area contributed by atoms with E-state index in [1.165, 1.54) is 12.0 Å². The third-order valence-electron chi connectivity index (χ3n) is 4.71. The third kappa shape index (κ3) is 8.60. The van der Waals surface area contributed by atoms with Gasteiger partial charge in [0, 0.05) is 12.3 Å². The van der Waals surface area contributed by atoms with Crippen LogP contribution in [-0.4, -0.2) is 66.4 Å². The SMILES string of the molecule is CCN(C(=O)C(CS)NC(=O)OC(C)(C)C)C(C(=O)NCC(=O)OC)c1ccc(C)cc1C. The zero-order valence-electron chi connectivity index (χ0n) is 20.4. The molecule has 0 radical (unpaired) electrons. The van der Waals surface area contributed by atoms with Crippen LogP contribution in [0.5, 0.6) is 0 Å². The Morgan fingerprint density at radius 1 is 1.15 bits per heavy atom. The maximum atomic E-state index is 13.4. The molecule has 2 unspecified atom stereocenters.